The molecular formula is C12H25N3S. The Morgan fingerprint density at radius 2 is 2.06 bits per heavy atom. The molecule has 0 aromatic heterocycles. The number of likely N-dealkylation sites (N-methyl/N-ethyl adjacent to an activating group) is 1. The van der Waals surface area contributed by atoms with E-state index in [1.54, 1.807) is 0 Å². The smallest absolute Gasteiger partial charge is 0.157 e. The normalized spacial score (nSPS) is 23.8. The van der Waals surface area contributed by atoms with Gasteiger partial charge in [-0.2, -0.15) is 0 Å². The summed E-state index contributed by atoms with van der Waals surface area (Å²) in [5.41, 5.74) is 0.296. The van der Waals surface area contributed by atoms with E-state index in [2.05, 4.69) is 50.1 Å². The quantitative estimate of drug-likeness (QED) is 0.802. The molecule has 0 aromatic rings. The lowest BCUT2D eigenvalue weighted by molar-refractivity contribution is 0.320. The van der Waals surface area contributed by atoms with Crippen LogP contribution in [0.25, 0.3) is 0 Å². The van der Waals surface area contributed by atoms with Gasteiger partial charge in [-0.3, -0.25) is 4.99 Å². The topological polar surface area (TPSA) is 27.6 Å². The Balaban J connectivity index is 2.49. The van der Waals surface area contributed by atoms with Crippen molar-refractivity contribution < 1.29 is 0 Å². The Morgan fingerprint density at radius 1 is 1.44 bits per heavy atom. The Hall–Kier alpha value is -0.220. The minimum atomic E-state index is 0.296. The Morgan fingerprint density at radius 3 is 2.50 bits per heavy atom. The highest BCUT2D eigenvalue weighted by atomic mass is 32.2. The molecule has 1 fully saturated rings. The largest absolute Gasteiger partial charge is 0.359 e. The van der Waals surface area contributed by atoms with E-state index in [0.29, 0.717) is 11.6 Å². The van der Waals surface area contributed by atoms with E-state index in [4.69, 9.17) is 0 Å². The number of aliphatic imine (C=N–C) groups is 1. The second kappa shape index (κ2) is 5.92. The van der Waals surface area contributed by atoms with Crippen LogP contribution in [-0.2, 0) is 0 Å². The van der Waals surface area contributed by atoms with E-state index < -0.39 is 0 Å². The third-order valence-corrected chi connectivity index (χ3v) is 4.79. The molecule has 1 aliphatic heterocycles. The zero-order valence-corrected chi connectivity index (χ0v) is 12.0. The van der Waals surface area contributed by atoms with Gasteiger partial charge in [-0.25, -0.2) is 0 Å². The number of thioether (sulfide) groups is 1. The van der Waals surface area contributed by atoms with Crippen molar-refractivity contribution in [3.8, 4) is 0 Å². The lowest BCUT2D eigenvalue weighted by atomic mass is 9.96. The molecule has 1 atom stereocenters. The van der Waals surface area contributed by atoms with Gasteiger partial charge in [0.1, 0.15) is 0 Å². The number of rotatable bonds is 5. The monoisotopic (exact) mass is 243 g/mol. The maximum Gasteiger partial charge on any atom is 0.157 e. The van der Waals surface area contributed by atoms with Crippen molar-refractivity contribution in [2.45, 2.75) is 45.2 Å². The predicted molar refractivity (Wildman–Crippen MR) is 74.4 cm³/mol. The highest BCUT2D eigenvalue weighted by Gasteiger charge is 2.33. The average Bonchev–Trinajstić information content (AvgIpc) is 2.70. The molecule has 1 unspecified atom stereocenters. The molecule has 16 heavy (non-hydrogen) atoms. The highest BCUT2D eigenvalue weighted by molar-refractivity contribution is 8.14. The van der Waals surface area contributed by atoms with Crippen LogP contribution in [0.15, 0.2) is 4.99 Å². The summed E-state index contributed by atoms with van der Waals surface area (Å²) in [5.74, 6) is 1.16. The summed E-state index contributed by atoms with van der Waals surface area (Å²) in [7, 11) is 4.20. The summed E-state index contributed by atoms with van der Waals surface area (Å²) in [6, 6.07) is 0.508. The number of nitrogens with one attached hydrogen (secondary N) is 1. The van der Waals surface area contributed by atoms with E-state index in [1.165, 1.54) is 12.8 Å². The van der Waals surface area contributed by atoms with Crippen molar-refractivity contribution in [1.29, 1.82) is 0 Å². The molecule has 1 N–H and O–H groups in total. The Labute approximate surface area is 104 Å². The van der Waals surface area contributed by atoms with Crippen molar-refractivity contribution in [3.63, 3.8) is 0 Å². The van der Waals surface area contributed by atoms with Crippen LogP contribution in [0.3, 0.4) is 0 Å². The summed E-state index contributed by atoms with van der Waals surface area (Å²) >= 11 is 1.87. The fourth-order valence-electron chi connectivity index (χ4n) is 1.60. The molecular weight excluding hydrogens is 218 g/mol. The molecule has 0 aliphatic carbocycles. The fraction of sp³-hybridized carbons (Fsp3) is 0.917. The Kier molecular flexibility index (Phi) is 5.12. The van der Waals surface area contributed by atoms with E-state index in [-0.39, 0.29) is 0 Å². The first-order valence-electron chi connectivity index (χ1n) is 6.15. The molecule has 1 rings (SSSR count). The SMILES string of the molecule is CCC1(CC)CSC(=NCC(C)N(C)C)N1. The molecule has 0 bridgehead atoms. The molecule has 4 heteroatoms. The zero-order chi connectivity index (χ0) is 12.2. The van der Waals surface area contributed by atoms with Crippen LogP contribution in [0.1, 0.15) is 33.6 Å². The van der Waals surface area contributed by atoms with Crippen LogP contribution < -0.4 is 5.32 Å². The maximum absolute atomic E-state index is 4.66. The van der Waals surface area contributed by atoms with Crippen LogP contribution in [0.4, 0.5) is 0 Å². The summed E-state index contributed by atoms with van der Waals surface area (Å²) in [6.07, 6.45) is 2.36. The second-order valence-corrected chi connectivity index (χ2v) is 5.82. The first kappa shape index (κ1) is 13.8. The van der Waals surface area contributed by atoms with E-state index in [0.717, 1.165) is 17.5 Å². The van der Waals surface area contributed by atoms with Gasteiger partial charge < -0.3 is 10.2 Å². The van der Waals surface area contributed by atoms with Crippen molar-refractivity contribution in [2.75, 3.05) is 26.4 Å². The maximum atomic E-state index is 4.66. The van der Waals surface area contributed by atoms with E-state index >= 15 is 0 Å². The van der Waals surface area contributed by atoms with Crippen molar-refractivity contribution in [3.05, 3.63) is 0 Å². The van der Waals surface area contributed by atoms with Crippen LogP contribution in [0, 0.1) is 0 Å². The first-order valence-corrected chi connectivity index (χ1v) is 7.13. The fourth-order valence-corrected chi connectivity index (χ4v) is 2.95. The summed E-state index contributed by atoms with van der Waals surface area (Å²) in [6.45, 7) is 7.59. The Bertz CT molecular complexity index is 247. The van der Waals surface area contributed by atoms with Gasteiger partial charge in [0.05, 0.1) is 6.54 Å². The van der Waals surface area contributed by atoms with Gasteiger partial charge in [0.25, 0.3) is 0 Å². The minimum Gasteiger partial charge on any atom is -0.359 e. The predicted octanol–water partition coefficient (Wildman–Crippen LogP) is 2.19. The second-order valence-electron chi connectivity index (χ2n) is 4.86. The molecule has 0 aromatic carbocycles. The highest BCUT2D eigenvalue weighted by Crippen LogP contribution is 2.28. The lowest BCUT2D eigenvalue weighted by Gasteiger charge is -2.25. The molecule has 1 heterocycles. The van der Waals surface area contributed by atoms with Gasteiger partial charge in [0.15, 0.2) is 5.17 Å². The van der Waals surface area contributed by atoms with Crippen LogP contribution in [0.5, 0.6) is 0 Å². The van der Waals surface area contributed by atoms with Crippen LogP contribution in [0.2, 0.25) is 0 Å². The molecule has 0 saturated carbocycles. The van der Waals surface area contributed by atoms with Crippen LogP contribution >= 0.6 is 11.8 Å². The van der Waals surface area contributed by atoms with Crippen molar-refractivity contribution in [2.24, 2.45) is 4.99 Å². The summed E-state index contributed by atoms with van der Waals surface area (Å²) in [5, 5.41) is 4.73. The lowest BCUT2D eigenvalue weighted by Crippen LogP contribution is -2.42. The van der Waals surface area contributed by atoms with Crippen molar-refractivity contribution >= 4 is 16.9 Å². The van der Waals surface area contributed by atoms with Gasteiger partial charge in [0, 0.05) is 17.3 Å². The van der Waals surface area contributed by atoms with E-state index in [9.17, 15) is 0 Å². The molecule has 0 radical (unpaired) electrons. The molecule has 0 amide bonds. The summed E-state index contributed by atoms with van der Waals surface area (Å²) in [4.78, 5) is 6.87. The molecule has 1 saturated heterocycles. The number of amidine groups is 1. The third kappa shape index (κ3) is 3.39. The van der Waals surface area contributed by atoms with Gasteiger partial charge in [0.2, 0.25) is 0 Å². The first-order chi connectivity index (χ1) is 7.53. The van der Waals surface area contributed by atoms with Crippen LogP contribution in [-0.4, -0.2) is 48.0 Å². The van der Waals surface area contributed by atoms with Gasteiger partial charge >= 0.3 is 0 Å². The van der Waals surface area contributed by atoms with Gasteiger partial charge in [-0.1, -0.05) is 25.6 Å². The van der Waals surface area contributed by atoms with Gasteiger partial charge in [-0.05, 0) is 33.9 Å². The molecule has 3 nitrogen and oxygen atoms in total. The number of hydrogen-bond donors (Lipinski definition) is 1. The van der Waals surface area contributed by atoms with Crippen molar-refractivity contribution in [1.82, 2.24) is 10.2 Å². The molecule has 1 aliphatic rings. The zero-order valence-electron chi connectivity index (χ0n) is 11.2. The summed E-state index contributed by atoms with van der Waals surface area (Å²) < 4.78 is 0. The van der Waals surface area contributed by atoms with Gasteiger partial charge in [-0.15, -0.1) is 0 Å². The third-order valence-electron chi connectivity index (χ3n) is 3.59. The average molecular weight is 243 g/mol. The molecule has 0 spiro atoms. The minimum absolute atomic E-state index is 0.296. The number of hydrogen-bond acceptors (Lipinski definition) is 3. The van der Waals surface area contributed by atoms with E-state index in [1.807, 2.05) is 11.8 Å². The molecule has 94 valence electrons. The standard InChI is InChI=1S/C12H25N3S/c1-6-12(7-2)9-16-11(14-12)13-8-10(3)15(4)5/h10H,6-9H2,1-5H3,(H,13,14). The number of nitrogens with zero attached hydrogens (tertiary/aromatic N) is 2.